The lowest BCUT2D eigenvalue weighted by Crippen LogP contribution is -2.28. The van der Waals surface area contributed by atoms with Crippen molar-refractivity contribution in [1.82, 2.24) is 5.32 Å². The molecule has 8 nitrogen and oxygen atoms in total. The van der Waals surface area contributed by atoms with E-state index in [2.05, 4.69) is 20.8 Å². The Labute approximate surface area is 184 Å². The lowest BCUT2D eigenvalue weighted by atomic mass is 10.2. The number of halogens is 3. The highest BCUT2D eigenvalue weighted by Crippen LogP contribution is 2.31. The predicted molar refractivity (Wildman–Crippen MR) is 114 cm³/mol. The first-order valence-corrected chi connectivity index (χ1v) is 9.96. The molecule has 1 heterocycles. The van der Waals surface area contributed by atoms with Crippen LogP contribution in [0.1, 0.15) is 17.5 Å². The summed E-state index contributed by atoms with van der Waals surface area (Å²) in [6.07, 6.45) is -3.40. The van der Waals surface area contributed by atoms with Crippen LogP contribution in [0.25, 0.3) is 0 Å². The fourth-order valence-corrected chi connectivity index (χ4v) is 3.59. The van der Waals surface area contributed by atoms with Gasteiger partial charge in [-0.1, -0.05) is 17.8 Å². The van der Waals surface area contributed by atoms with Crippen molar-refractivity contribution in [3.63, 3.8) is 0 Å². The Morgan fingerprint density at radius 2 is 2.09 bits per heavy atom. The number of aromatic hydroxyl groups is 1. The zero-order chi connectivity index (χ0) is 23.3. The van der Waals surface area contributed by atoms with Crippen LogP contribution < -0.4 is 15.4 Å². The van der Waals surface area contributed by atoms with Gasteiger partial charge in [-0.2, -0.15) is 18.3 Å². The molecule has 1 aliphatic rings. The van der Waals surface area contributed by atoms with Gasteiger partial charge in [0.2, 0.25) is 11.8 Å². The van der Waals surface area contributed by atoms with E-state index >= 15 is 0 Å². The number of nitrogens with zero attached hydrogens (tertiary/aromatic N) is 2. The van der Waals surface area contributed by atoms with Gasteiger partial charge in [0.15, 0.2) is 16.7 Å². The van der Waals surface area contributed by atoms with Gasteiger partial charge in [-0.25, -0.2) is 0 Å². The molecule has 168 valence electrons. The number of rotatable bonds is 6. The molecular formula is C20H17F3N4O4S. The number of hydrogen-bond donors (Lipinski definition) is 3. The monoisotopic (exact) mass is 466 g/mol. The number of amides is 2. The minimum atomic E-state index is -4.53. The smallest absolute Gasteiger partial charge is 0.416 e. The minimum absolute atomic E-state index is 0.0175. The van der Waals surface area contributed by atoms with Crippen molar-refractivity contribution in [3.05, 3.63) is 53.6 Å². The number of anilines is 1. The van der Waals surface area contributed by atoms with E-state index < -0.39 is 28.8 Å². The average Bonchev–Trinajstić information content (AvgIpc) is 3.07. The summed E-state index contributed by atoms with van der Waals surface area (Å²) in [7, 11) is 1.41. The third-order valence-electron chi connectivity index (χ3n) is 4.18. The van der Waals surface area contributed by atoms with Crippen LogP contribution in [0.4, 0.5) is 18.9 Å². The van der Waals surface area contributed by atoms with Crippen LogP contribution in [0.3, 0.4) is 0 Å². The molecule has 12 heteroatoms. The number of carbonyl (C=O) groups is 2. The fourth-order valence-electron chi connectivity index (χ4n) is 2.66. The molecule has 0 radical (unpaired) electrons. The summed E-state index contributed by atoms with van der Waals surface area (Å²) in [5, 5.41) is 21.5. The van der Waals surface area contributed by atoms with Crippen LogP contribution in [-0.4, -0.2) is 40.7 Å². The van der Waals surface area contributed by atoms with E-state index in [0.717, 1.165) is 23.9 Å². The molecule has 2 aromatic carbocycles. The molecular weight excluding hydrogens is 449 g/mol. The van der Waals surface area contributed by atoms with Crippen LogP contribution >= 0.6 is 11.8 Å². The van der Waals surface area contributed by atoms with Crippen LogP contribution in [0.5, 0.6) is 11.5 Å². The highest BCUT2D eigenvalue weighted by Gasteiger charge is 2.33. The Morgan fingerprint density at radius 3 is 2.81 bits per heavy atom. The third-order valence-corrected chi connectivity index (χ3v) is 5.25. The fraction of sp³-hybridized carbons (Fsp3) is 0.200. The Kier molecular flexibility index (Phi) is 7.03. The van der Waals surface area contributed by atoms with Crippen molar-refractivity contribution >= 4 is 40.6 Å². The first-order chi connectivity index (χ1) is 15.2. The summed E-state index contributed by atoms with van der Waals surface area (Å²) in [4.78, 5) is 24.3. The van der Waals surface area contributed by atoms with E-state index in [1.54, 1.807) is 12.1 Å². The van der Waals surface area contributed by atoms with Crippen molar-refractivity contribution in [2.45, 2.75) is 17.8 Å². The summed E-state index contributed by atoms with van der Waals surface area (Å²) >= 11 is 0.980. The first kappa shape index (κ1) is 23.1. The zero-order valence-corrected chi connectivity index (χ0v) is 17.3. The summed E-state index contributed by atoms with van der Waals surface area (Å²) < 4.78 is 43.3. The van der Waals surface area contributed by atoms with E-state index in [9.17, 15) is 27.9 Å². The summed E-state index contributed by atoms with van der Waals surface area (Å²) in [5.41, 5.74) is -0.312. The molecule has 0 spiro atoms. The van der Waals surface area contributed by atoms with Gasteiger partial charge >= 0.3 is 6.18 Å². The third kappa shape index (κ3) is 6.00. The predicted octanol–water partition coefficient (Wildman–Crippen LogP) is 3.37. The number of hydrogen-bond acceptors (Lipinski definition) is 7. The molecule has 0 aliphatic carbocycles. The van der Waals surface area contributed by atoms with Gasteiger partial charge in [-0.15, -0.1) is 5.10 Å². The average molecular weight is 466 g/mol. The number of phenolic OH excluding ortho intramolecular Hbond substituents is 1. The molecule has 0 aromatic heterocycles. The SMILES string of the molecule is COc1cc(/C=N/N=C2\NC(=O)C(CC(=O)Nc3cccc(C(F)(F)F)c3)S2)ccc1O. The highest BCUT2D eigenvalue weighted by atomic mass is 32.2. The quantitative estimate of drug-likeness (QED) is 0.446. The first-order valence-electron chi connectivity index (χ1n) is 9.08. The van der Waals surface area contributed by atoms with Gasteiger partial charge in [0.05, 0.1) is 18.9 Å². The minimum Gasteiger partial charge on any atom is -0.504 e. The molecule has 3 N–H and O–H groups in total. The van der Waals surface area contributed by atoms with Crippen molar-refractivity contribution in [2.75, 3.05) is 12.4 Å². The Hall–Kier alpha value is -3.54. The number of ether oxygens (including phenoxy) is 1. The van der Waals surface area contributed by atoms with E-state index in [1.807, 2.05) is 0 Å². The molecule has 1 unspecified atom stereocenters. The topological polar surface area (TPSA) is 112 Å². The number of carbonyl (C=O) groups excluding carboxylic acids is 2. The Balaban J connectivity index is 1.58. The van der Waals surface area contributed by atoms with Crippen LogP contribution in [-0.2, 0) is 15.8 Å². The maximum Gasteiger partial charge on any atom is 0.416 e. The number of nitrogens with one attached hydrogen (secondary N) is 2. The zero-order valence-electron chi connectivity index (χ0n) is 16.5. The van der Waals surface area contributed by atoms with Gasteiger partial charge < -0.3 is 20.5 Å². The normalized spacial score (nSPS) is 17.6. The maximum atomic E-state index is 12.8. The van der Waals surface area contributed by atoms with Gasteiger partial charge in [0, 0.05) is 12.1 Å². The number of thioether (sulfide) groups is 1. The second kappa shape index (κ2) is 9.73. The summed E-state index contributed by atoms with van der Waals surface area (Å²) in [6, 6.07) is 8.78. The number of benzene rings is 2. The lowest BCUT2D eigenvalue weighted by Gasteiger charge is -2.10. The molecule has 2 amide bonds. The van der Waals surface area contributed by atoms with Crippen molar-refractivity contribution in [1.29, 1.82) is 0 Å². The number of alkyl halides is 3. The maximum absolute atomic E-state index is 12.8. The van der Waals surface area contributed by atoms with Gasteiger partial charge in [0.25, 0.3) is 0 Å². The van der Waals surface area contributed by atoms with Crippen molar-refractivity contribution < 1.29 is 32.6 Å². The second-order valence-corrected chi connectivity index (χ2v) is 7.70. The number of methoxy groups -OCH3 is 1. The number of amidine groups is 1. The largest absolute Gasteiger partial charge is 0.504 e. The Bertz CT molecular complexity index is 1090. The van der Waals surface area contributed by atoms with E-state index in [1.165, 1.54) is 31.5 Å². The summed E-state index contributed by atoms with van der Waals surface area (Å²) in [5.74, 6) is -0.842. The molecule has 3 rings (SSSR count). The van der Waals surface area contributed by atoms with Crippen molar-refractivity contribution in [3.8, 4) is 11.5 Å². The van der Waals surface area contributed by atoms with Gasteiger partial charge in [-0.05, 0) is 42.0 Å². The number of phenols is 1. The molecule has 2 aromatic rings. The molecule has 32 heavy (non-hydrogen) atoms. The van der Waals surface area contributed by atoms with Crippen LogP contribution in [0.15, 0.2) is 52.7 Å². The molecule has 1 aliphatic heterocycles. The van der Waals surface area contributed by atoms with Gasteiger partial charge in [-0.3, -0.25) is 9.59 Å². The highest BCUT2D eigenvalue weighted by molar-refractivity contribution is 8.15. The van der Waals surface area contributed by atoms with Crippen LogP contribution in [0.2, 0.25) is 0 Å². The summed E-state index contributed by atoms with van der Waals surface area (Å²) in [6.45, 7) is 0. The van der Waals surface area contributed by atoms with E-state index in [4.69, 9.17) is 4.74 Å². The van der Waals surface area contributed by atoms with Crippen LogP contribution in [0, 0.1) is 0 Å². The van der Waals surface area contributed by atoms with E-state index in [0.29, 0.717) is 5.56 Å². The molecule has 1 fully saturated rings. The molecule has 1 saturated heterocycles. The van der Waals surface area contributed by atoms with Gasteiger partial charge in [0.1, 0.15) is 5.25 Å². The van der Waals surface area contributed by atoms with E-state index in [-0.39, 0.29) is 28.8 Å². The standard InChI is InChI=1S/C20H17F3N4O4S/c1-31-15-7-11(5-6-14(15)28)10-24-27-19-26-18(30)16(32-19)9-17(29)25-13-4-2-3-12(8-13)20(21,22)23/h2-8,10,16,28H,9H2,1H3,(H,25,29)(H,26,27,30)/b24-10+. The molecule has 0 saturated carbocycles. The lowest BCUT2D eigenvalue weighted by molar-refractivity contribution is -0.137. The molecule has 1 atom stereocenters. The Morgan fingerprint density at radius 1 is 1.31 bits per heavy atom. The van der Waals surface area contributed by atoms with Crippen molar-refractivity contribution in [2.24, 2.45) is 10.2 Å². The molecule has 0 bridgehead atoms. The second-order valence-electron chi connectivity index (χ2n) is 6.51.